The third-order valence-corrected chi connectivity index (χ3v) is 7.08. The smallest absolute Gasteiger partial charge is 0.224 e. The van der Waals surface area contributed by atoms with Gasteiger partial charge in [-0.25, -0.2) is 0 Å². The number of fused-ring (bicyclic) bond motifs is 5. The zero-order valence-corrected chi connectivity index (χ0v) is 12.5. The molecule has 3 aliphatic rings. The molecular formula is C14H16BrNOS. The molecule has 0 saturated heterocycles. The van der Waals surface area contributed by atoms with E-state index in [1.165, 1.54) is 24.1 Å². The molecule has 18 heavy (non-hydrogen) atoms. The first-order chi connectivity index (χ1) is 8.75. The van der Waals surface area contributed by atoms with Crippen molar-refractivity contribution in [2.24, 2.45) is 29.6 Å². The van der Waals surface area contributed by atoms with Gasteiger partial charge < -0.3 is 5.32 Å². The number of carbonyl (C=O) groups is 1. The van der Waals surface area contributed by atoms with Crippen LogP contribution in [0.5, 0.6) is 0 Å². The number of rotatable bonds is 3. The summed E-state index contributed by atoms with van der Waals surface area (Å²) in [5.41, 5.74) is 0. The maximum absolute atomic E-state index is 12.2. The predicted octanol–water partition coefficient (Wildman–Crippen LogP) is 3.42. The average molecular weight is 326 g/mol. The first-order valence-electron chi connectivity index (χ1n) is 6.75. The summed E-state index contributed by atoms with van der Waals surface area (Å²) >= 11 is 5.20. The van der Waals surface area contributed by atoms with Crippen molar-refractivity contribution in [3.63, 3.8) is 0 Å². The zero-order valence-electron chi connectivity index (χ0n) is 10.1. The molecule has 0 radical (unpaired) electrons. The number of hydrogen-bond donors (Lipinski definition) is 1. The van der Waals surface area contributed by atoms with Crippen LogP contribution in [0.2, 0.25) is 0 Å². The summed E-state index contributed by atoms with van der Waals surface area (Å²) in [4.78, 5) is 13.4. The van der Waals surface area contributed by atoms with E-state index in [1.807, 2.05) is 6.07 Å². The first-order valence-corrected chi connectivity index (χ1v) is 8.42. The first kappa shape index (κ1) is 11.5. The van der Waals surface area contributed by atoms with Crippen LogP contribution in [0.3, 0.4) is 0 Å². The minimum absolute atomic E-state index is 0.307. The van der Waals surface area contributed by atoms with Crippen LogP contribution in [0.4, 0.5) is 0 Å². The number of nitrogens with one attached hydrogen (secondary N) is 1. The fourth-order valence-corrected chi connectivity index (χ4v) is 5.84. The van der Waals surface area contributed by atoms with E-state index in [2.05, 4.69) is 26.6 Å². The maximum Gasteiger partial charge on any atom is 0.224 e. The summed E-state index contributed by atoms with van der Waals surface area (Å²) in [5.74, 6) is 3.91. The lowest BCUT2D eigenvalue weighted by Gasteiger charge is -2.09. The highest BCUT2D eigenvalue weighted by Gasteiger charge is 2.67. The molecule has 1 amide bonds. The maximum atomic E-state index is 12.2. The monoisotopic (exact) mass is 325 g/mol. The number of carbonyl (C=O) groups excluding carboxylic acids is 1. The van der Waals surface area contributed by atoms with Gasteiger partial charge in [-0.2, -0.15) is 0 Å². The molecule has 0 aromatic carbocycles. The van der Waals surface area contributed by atoms with Gasteiger partial charge in [0, 0.05) is 15.3 Å². The highest BCUT2D eigenvalue weighted by atomic mass is 79.9. The molecule has 2 bridgehead atoms. The standard InChI is InChI=1S/C14H16BrNOS/c15-9-3-4-18-10(9)6-16-14(17)13-11-7-1-2-8(5-7)12(11)13/h3-4,7-8,11-13H,1-2,5-6H2,(H,16,17). The topological polar surface area (TPSA) is 29.1 Å². The Hall–Kier alpha value is -0.350. The van der Waals surface area contributed by atoms with Crippen LogP contribution >= 0.6 is 27.3 Å². The normalized spacial score (nSPS) is 39.7. The van der Waals surface area contributed by atoms with E-state index in [-0.39, 0.29) is 0 Å². The third-order valence-electron chi connectivity index (χ3n) is 5.15. The van der Waals surface area contributed by atoms with Crippen LogP contribution in [0.25, 0.3) is 0 Å². The van der Waals surface area contributed by atoms with E-state index in [9.17, 15) is 4.79 Å². The van der Waals surface area contributed by atoms with Gasteiger partial charge in [-0.1, -0.05) is 0 Å². The Morgan fingerprint density at radius 1 is 1.39 bits per heavy atom. The van der Waals surface area contributed by atoms with Crippen molar-refractivity contribution in [1.29, 1.82) is 0 Å². The molecule has 1 heterocycles. The molecule has 4 heteroatoms. The number of halogens is 1. The summed E-state index contributed by atoms with van der Waals surface area (Å²) in [5, 5.41) is 5.18. The molecule has 4 unspecified atom stereocenters. The van der Waals surface area contributed by atoms with Gasteiger partial charge in [0.2, 0.25) is 5.91 Å². The van der Waals surface area contributed by atoms with Gasteiger partial charge in [0.1, 0.15) is 0 Å². The highest BCUT2D eigenvalue weighted by molar-refractivity contribution is 9.10. The van der Waals surface area contributed by atoms with Crippen molar-refractivity contribution < 1.29 is 4.79 Å². The Morgan fingerprint density at radius 3 is 2.72 bits per heavy atom. The second-order valence-electron chi connectivity index (χ2n) is 5.92. The van der Waals surface area contributed by atoms with Crippen LogP contribution in [-0.4, -0.2) is 5.91 Å². The lowest BCUT2D eigenvalue weighted by molar-refractivity contribution is -0.123. The van der Waals surface area contributed by atoms with Crippen molar-refractivity contribution in [2.45, 2.75) is 25.8 Å². The summed E-state index contributed by atoms with van der Waals surface area (Å²) in [6.07, 6.45) is 4.17. The molecule has 3 saturated carbocycles. The van der Waals surface area contributed by atoms with E-state index in [0.717, 1.165) is 28.1 Å². The minimum atomic E-state index is 0.307. The second-order valence-corrected chi connectivity index (χ2v) is 7.78. The van der Waals surface area contributed by atoms with Crippen LogP contribution in [0.15, 0.2) is 15.9 Å². The van der Waals surface area contributed by atoms with E-state index in [0.29, 0.717) is 18.4 Å². The van der Waals surface area contributed by atoms with Gasteiger partial charge in [-0.15, -0.1) is 11.3 Å². The molecule has 0 aliphatic heterocycles. The van der Waals surface area contributed by atoms with Crippen molar-refractivity contribution in [3.8, 4) is 0 Å². The van der Waals surface area contributed by atoms with Gasteiger partial charge in [0.05, 0.1) is 6.54 Å². The van der Waals surface area contributed by atoms with E-state index < -0.39 is 0 Å². The van der Waals surface area contributed by atoms with Crippen LogP contribution in [-0.2, 0) is 11.3 Å². The van der Waals surface area contributed by atoms with Crippen molar-refractivity contribution in [3.05, 3.63) is 20.8 Å². The number of hydrogen-bond acceptors (Lipinski definition) is 2. The molecule has 1 aromatic rings. The van der Waals surface area contributed by atoms with Gasteiger partial charge in [-0.3, -0.25) is 4.79 Å². The average Bonchev–Trinajstić information content (AvgIpc) is 2.69. The predicted molar refractivity (Wildman–Crippen MR) is 75.2 cm³/mol. The van der Waals surface area contributed by atoms with Crippen LogP contribution in [0, 0.1) is 29.6 Å². The molecule has 3 aliphatic carbocycles. The molecular weight excluding hydrogens is 310 g/mol. The Balaban J connectivity index is 1.37. The Bertz CT molecular complexity index is 484. The minimum Gasteiger partial charge on any atom is -0.351 e. The van der Waals surface area contributed by atoms with Gasteiger partial charge in [-0.05, 0) is 70.3 Å². The quantitative estimate of drug-likeness (QED) is 0.906. The zero-order chi connectivity index (χ0) is 12.3. The Labute approximate surface area is 119 Å². The Kier molecular flexibility index (Phi) is 2.60. The van der Waals surface area contributed by atoms with Gasteiger partial charge in [0.25, 0.3) is 0 Å². The summed E-state index contributed by atoms with van der Waals surface area (Å²) in [7, 11) is 0. The highest BCUT2D eigenvalue weighted by Crippen LogP contribution is 2.69. The molecule has 1 N–H and O–H groups in total. The van der Waals surface area contributed by atoms with Crippen LogP contribution < -0.4 is 5.32 Å². The Morgan fingerprint density at radius 2 is 2.11 bits per heavy atom. The van der Waals surface area contributed by atoms with Crippen molar-refractivity contribution >= 4 is 33.2 Å². The molecule has 4 atom stereocenters. The number of amides is 1. The lowest BCUT2D eigenvalue weighted by Crippen LogP contribution is -2.26. The third kappa shape index (κ3) is 1.61. The summed E-state index contributed by atoms with van der Waals surface area (Å²) < 4.78 is 1.11. The molecule has 3 fully saturated rings. The van der Waals surface area contributed by atoms with E-state index in [1.54, 1.807) is 11.3 Å². The fraction of sp³-hybridized carbons (Fsp3) is 0.643. The van der Waals surface area contributed by atoms with E-state index >= 15 is 0 Å². The van der Waals surface area contributed by atoms with Crippen molar-refractivity contribution in [1.82, 2.24) is 5.32 Å². The summed E-state index contributed by atoms with van der Waals surface area (Å²) in [6.45, 7) is 0.683. The fourth-order valence-electron chi connectivity index (χ4n) is 4.41. The molecule has 1 aromatic heterocycles. The molecule has 4 rings (SSSR count). The van der Waals surface area contributed by atoms with Crippen molar-refractivity contribution in [2.75, 3.05) is 0 Å². The van der Waals surface area contributed by atoms with Gasteiger partial charge >= 0.3 is 0 Å². The SMILES string of the molecule is O=C(NCc1sccc1Br)C1C2C3CCC(C3)C12. The van der Waals surface area contributed by atoms with E-state index in [4.69, 9.17) is 0 Å². The molecule has 2 nitrogen and oxygen atoms in total. The summed E-state index contributed by atoms with van der Waals surface area (Å²) in [6, 6.07) is 2.04. The van der Waals surface area contributed by atoms with Gasteiger partial charge in [0.15, 0.2) is 0 Å². The second kappa shape index (κ2) is 4.07. The largest absolute Gasteiger partial charge is 0.351 e. The molecule has 0 spiro atoms. The number of thiophene rings is 1. The molecule has 96 valence electrons. The van der Waals surface area contributed by atoms with Crippen LogP contribution in [0.1, 0.15) is 24.1 Å². The lowest BCUT2D eigenvalue weighted by atomic mass is 10.0.